The molecule has 7 heteroatoms. The fourth-order valence-corrected chi connectivity index (χ4v) is 4.65. The van der Waals surface area contributed by atoms with E-state index in [2.05, 4.69) is 32.8 Å². The average Bonchev–Trinajstić information content (AvgIpc) is 3.14. The van der Waals surface area contributed by atoms with Crippen molar-refractivity contribution >= 4 is 56.5 Å². The largest absolute Gasteiger partial charge is 0.324 e. The molecule has 0 fully saturated rings. The number of para-hydroxylation sites is 1. The third kappa shape index (κ3) is 3.98. The summed E-state index contributed by atoms with van der Waals surface area (Å²) in [5.41, 5.74) is 2.81. The van der Waals surface area contributed by atoms with Gasteiger partial charge in [-0.2, -0.15) is 0 Å². The Labute approximate surface area is 169 Å². The summed E-state index contributed by atoms with van der Waals surface area (Å²) in [6.07, 6.45) is 1.54. The van der Waals surface area contributed by atoms with Crippen molar-refractivity contribution in [3.8, 4) is 11.1 Å². The van der Waals surface area contributed by atoms with Gasteiger partial charge in [-0.1, -0.05) is 65.8 Å². The van der Waals surface area contributed by atoms with Crippen LogP contribution in [0.15, 0.2) is 71.3 Å². The van der Waals surface area contributed by atoms with E-state index in [1.54, 1.807) is 29.8 Å². The van der Waals surface area contributed by atoms with Crippen molar-refractivity contribution in [3.05, 3.63) is 71.3 Å². The van der Waals surface area contributed by atoms with Crippen LogP contribution in [-0.4, -0.2) is 21.6 Å². The van der Waals surface area contributed by atoms with Crippen LogP contribution < -0.4 is 5.32 Å². The van der Waals surface area contributed by atoms with Gasteiger partial charge in [0.15, 0.2) is 0 Å². The lowest BCUT2D eigenvalue weighted by Gasteiger charge is -2.08. The molecule has 0 saturated carbocycles. The van der Waals surface area contributed by atoms with Crippen LogP contribution in [0.2, 0.25) is 5.02 Å². The molecule has 0 radical (unpaired) electrons. The Balaban J connectivity index is 1.56. The van der Waals surface area contributed by atoms with Crippen molar-refractivity contribution in [2.24, 2.45) is 0 Å². The molecule has 0 aliphatic heterocycles. The number of nitrogens with one attached hydrogen (secondary N) is 1. The summed E-state index contributed by atoms with van der Waals surface area (Å²) in [6.45, 7) is 0. The summed E-state index contributed by atoms with van der Waals surface area (Å²) < 4.78 is 0. The molecule has 4 nitrogen and oxygen atoms in total. The van der Waals surface area contributed by atoms with E-state index in [0.717, 1.165) is 26.4 Å². The Hall–Kier alpha value is -2.41. The highest BCUT2D eigenvalue weighted by atomic mass is 35.5. The number of thioether (sulfide) groups is 1. The topological polar surface area (TPSA) is 54.9 Å². The fraction of sp³-hybridized carbons (Fsp3) is 0.0500. The number of amides is 1. The summed E-state index contributed by atoms with van der Waals surface area (Å²) in [7, 11) is 0. The zero-order chi connectivity index (χ0) is 18.6. The van der Waals surface area contributed by atoms with Gasteiger partial charge in [0.05, 0.1) is 21.8 Å². The minimum absolute atomic E-state index is 0.128. The first-order valence-electron chi connectivity index (χ1n) is 8.17. The van der Waals surface area contributed by atoms with E-state index in [4.69, 9.17) is 11.6 Å². The molecular weight excluding hydrogens is 398 g/mol. The number of benzene rings is 2. The minimum Gasteiger partial charge on any atom is -0.324 e. The molecule has 1 N–H and O–H groups in total. The number of halogens is 1. The van der Waals surface area contributed by atoms with Gasteiger partial charge in [-0.15, -0.1) is 11.3 Å². The van der Waals surface area contributed by atoms with E-state index >= 15 is 0 Å². The zero-order valence-corrected chi connectivity index (χ0v) is 16.4. The van der Waals surface area contributed by atoms with E-state index in [1.165, 1.54) is 11.8 Å². The molecule has 0 aliphatic rings. The summed E-state index contributed by atoms with van der Waals surface area (Å²) in [4.78, 5) is 22.0. The lowest BCUT2D eigenvalue weighted by atomic mass is 10.1. The first-order chi connectivity index (χ1) is 13.2. The molecule has 27 heavy (non-hydrogen) atoms. The SMILES string of the molecule is O=C(CSc1ncnc2scc(-c3ccccc3)c12)Nc1ccccc1Cl. The monoisotopic (exact) mass is 411 g/mol. The summed E-state index contributed by atoms with van der Waals surface area (Å²) in [6, 6.07) is 17.3. The molecule has 2 aromatic heterocycles. The van der Waals surface area contributed by atoms with Gasteiger partial charge in [-0.25, -0.2) is 9.97 Å². The molecule has 0 atom stereocenters. The number of fused-ring (bicyclic) bond motifs is 1. The minimum atomic E-state index is -0.128. The molecule has 1 amide bonds. The van der Waals surface area contributed by atoms with Gasteiger partial charge in [-0.3, -0.25) is 4.79 Å². The number of thiophene rings is 1. The molecule has 0 bridgehead atoms. The zero-order valence-electron chi connectivity index (χ0n) is 14.1. The van der Waals surface area contributed by atoms with E-state index < -0.39 is 0 Å². The first-order valence-corrected chi connectivity index (χ1v) is 10.4. The summed E-state index contributed by atoms with van der Waals surface area (Å²) >= 11 is 9.07. The molecule has 0 saturated heterocycles. The van der Waals surface area contributed by atoms with Gasteiger partial charge >= 0.3 is 0 Å². The molecule has 2 aromatic carbocycles. The van der Waals surface area contributed by atoms with Gasteiger partial charge in [0, 0.05) is 10.9 Å². The standard InChI is InChI=1S/C20H14ClN3OS2/c21-15-8-4-5-9-16(15)24-17(25)11-27-20-18-14(13-6-2-1-3-7-13)10-26-19(18)22-12-23-20/h1-10,12H,11H2,(H,24,25). The summed E-state index contributed by atoms with van der Waals surface area (Å²) in [5.74, 6) is 0.109. The van der Waals surface area contributed by atoms with Crippen LogP contribution >= 0.6 is 34.7 Å². The van der Waals surface area contributed by atoms with E-state index in [9.17, 15) is 4.79 Å². The molecule has 0 spiro atoms. The van der Waals surface area contributed by atoms with Gasteiger partial charge in [0.1, 0.15) is 16.2 Å². The molecule has 4 aromatic rings. The molecule has 4 rings (SSSR count). The third-order valence-electron chi connectivity index (χ3n) is 3.91. The fourth-order valence-electron chi connectivity index (χ4n) is 2.67. The van der Waals surface area contributed by atoms with E-state index in [0.29, 0.717) is 10.7 Å². The predicted molar refractivity (Wildman–Crippen MR) is 114 cm³/mol. The van der Waals surface area contributed by atoms with Crippen molar-refractivity contribution < 1.29 is 4.79 Å². The number of anilines is 1. The number of carbonyl (C=O) groups is 1. The normalized spacial score (nSPS) is 10.9. The van der Waals surface area contributed by atoms with Gasteiger partial charge in [0.2, 0.25) is 5.91 Å². The van der Waals surface area contributed by atoms with Crippen molar-refractivity contribution in [2.75, 3.05) is 11.1 Å². The highest BCUT2D eigenvalue weighted by molar-refractivity contribution is 8.00. The molecule has 0 unspecified atom stereocenters. The van der Waals surface area contributed by atoms with Crippen LogP contribution in [-0.2, 0) is 4.79 Å². The van der Waals surface area contributed by atoms with Crippen molar-refractivity contribution in [1.82, 2.24) is 9.97 Å². The number of carbonyl (C=O) groups excluding carboxylic acids is 1. The van der Waals surface area contributed by atoms with E-state index in [-0.39, 0.29) is 11.7 Å². The van der Waals surface area contributed by atoms with Crippen molar-refractivity contribution in [1.29, 1.82) is 0 Å². The Morgan fingerprint density at radius 1 is 1.07 bits per heavy atom. The van der Waals surface area contributed by atoms with Crippen molar-refractivity contribution in [3.63, 3.8) is 0 Å². The molecule has 134 valence electrons. The summed E-state index contributed by atoms with van der Waals surface area (Å²) in [5, 5.41) is 7.23. The Bertz CT molecular complexity index is 1100. The number of hydrogen-bond acceptors (Lipinski definition) is 5. The highest BCUT2D eigenvalue weighted by Gasteiger charge is 2.15. The second kappa shape index (κ2) is 8.08. The first kappa shape index (κ1) is 18.0. The van der Waals surface area contributed by atoms with Crippen LogP contribution in [0.1, 0.15) is 0 Å². The Morgan fingerprint density at radius 2 is 1.85 bits per heavy atom. The molecule has 2 heterocycles. The quantitative estimate of drug-likeness (QED) is 0.336. The van der Waals surface area contributed by atoms with Gasteiger partial charge < -0.3 is 5.32 Å². The highest BCUT2D eigenvalue weighted by Crippen LogP contribution is 2.37. The van der Waals surface area contributed by atoms with Crippen LogP contribution in [0, 0.1) is 0 Å². The lowest BCUT2D eigenvalue weighted by molar-refractivity contribution is -0.113. The number of nitrogens with zero attached hydrogens (tertiary/aromatic N) is 2. The molecular formula is C20H14ClN3OS2. The number of aromatic nitrogens is 2. The van der Waals surface area contributed by atoms with Crippen LogP contribution in [0.3, 0.4) is 0 Å². The Kier molecular flexibility index (Phi) is 5.38. The maximum atomic E-state index is 12.3. The van der Waals surface area contributed by atoms with Crippen LogP contribution in [0.25, 0.3) is 21.3 Å². The van der Waals surface area contributed by atoms with Gasteiger partial charge in [0.25, 0.3) is 0 Å². The predicted octanol–water partition coefficient (Wildman–Crippen LogP) is 5.74. The van der Waals surface area contributed by atoms with Crippen LogP contribution in [0.4, 0.5) is 5.69 Å². The smallest absolute Gasteiger partial charge is 0.234 e. The second-order valence-corrected chi connectivity index (χ2v) is 7.92. The maximum Gasteiger partial charge on any atom is 0.234 e. The lowest BCUT2D eigenvalue weighted by Crippen LogP contribution is -2.14. The maximum absolute atomic E-state index is 12.3. The third-order valence-corrected chi connectivity index (χ3v) is 6.11. The molecule has 0 aliphatic carbocycles. The van der Waals surface area contributed by atoms with Crippen LogP contribution in [0.5, 0.6) is 0 Å². The number of hydrogen-bond donors (Lipinski definition) is 1. The number of rotatable bonds is 5. The Morgan fingerprint density at radius 3 is 2.67 bits per heavy atom. The van der Waals surface area contributed by atoms with Gasteiger partial charge in [-0.05, 0) is 17.7 Å². The van der Waals surface area contributed by atoms with E-state index in [1.807, 2.05) is 30.3 Å². The van der Waals surface area contributed by atoms with Crippen molar-refractivity contribution in [2.45, 2.75) is 5.03 Å². The second-order valence-electron chi connectivity index (χ2n) is 5.69. The average molecular weight is 412 g/mol.